The number of nitrogens with zero attached hydrogens (tertiary/aromatic N) is 2. The van der Waals surface area contributed by atoms with Crippen molar-refractivity contribution >= 4 is 11.8 Å². The van der Waals surface area contributed by atoms with Crippen molar-refractivity contribution < 1.29 is 29.1 Å². The number of hydrogen-bond donors (Lipinski definition) is 4. The van der Waals surface area contributed by atoms with Gasteiger partial charge in [-0.15, -0.1) is 0 Å². The van der Waals surface area contributed by atoms with E-state index in [0.717, 1.165) is 32.0 Å². The number of aromatic hydroxyl groups is 2. The molecule has 1 aliphatic carbocycles. The molecule has 1 saturated carbocycles. The molecule has 2 amide bonds. The molecule has 0 spiro atoms. The van der Waals surface area contributed by atoms with Crippen LogP contribution in [0.3, 0.4) is 0 Å². The Morgan fingerprint density at radius 2 is 1.71 bits per heavy atom. The minimum atomic E-state index is -0.575. The van der Waals surface area contributed by atoms with Crippen LogP contribution in [-0.2, 0) is 0 Å². The number of benzene rings is 2. The number of piperidine rings is 1. The molecule has 10 nitrogen and oxygen atoms in total. The highest BCUT2D eigenvalue weighted by atomic mass is 16.5. The van der Waals surface area contributed by atoms with Crippen LogP contribution in [-0.4, -0.2) is 57.3 Å². The van der Waals surface area contributed by atoms with Gasteiger partial charge in [0.25, 0.3) is 5.91 Å². The van der Waals surface area contributed by atoms with Crippen LogP contribution in [0.25, 0.3) is 11.3 Å². The fraction of sp³-hybridized carbons (Fsp3) is 0.393. The quantitative estimate of drug-likeness (QED) is 0.362. The average Bonchev–Trinajstić information content (AvgIpc) is 3.39. The second-order valence-corrected chi connectivity index (χ2v) is 9.98. The van der Waals surface area contributed by atoms with Crippen molar-refractivity contribution in [2.45, 2.75) is 57.0 Å². The van der Waals surface area contributed by atoms with Gasteiger partial charge >= 0.3 is 0 Å². The molecule has 2 heterocycles. The maximum absolute atomic E-state index is 12.9. The number of carbonyl (C=O) groups is 2. The summed E-state index contributed by atoms with van der Waals surface area (Å²) < 4.78 is 11.3. The van der Waals surface area contributed by atoms with Gasteiger partial charge in [-0.05, 0) is 49.9 Å². The predicted molar refractivity (Wildman–Crippen MR) is 139 cm³/mol. The molecular formula is C28H32N4O6. The highest BCUT2D eigenvalue weighted by Crippen LogP contribution is 2.43. The van der Waals surface area contributed by atoms with Gasteiger partial charge in [0.05, 0.1) is 0 Å². The van der Waals surface area contributed by atoms with Crippen molar-refractivity contribution in [3.8, 4) is 34.3 Å². The lowest BCUT2D eigenvalue weighted by atomic mass is 9.92. The van der Waals surface area contributed by atoms with E-state index in [2.05, 4.69) is 15.4 Å². The van der Waals surface area contributed by atoms with E-state index in [1.54, 1.807) is 0 Å². The molecule has 1 aromatic heterocycles. The second-order valence-electron chi connectivity index (χ2n) is 9.98. The molecule has 38 heavy (non-hydrogen) atoms. The van der Waals surface area contributed by atoms with Gasteiger partial charge in [0, 0.05) is 48.9 Å². The molecule has 10 heteroatoms. The number of hydrogen-bond acceptors (Lipinski definition) is 8. The van der Waals surface area contributed by atoms with E-state index in [0.29, 0.717) is 17.4 Å². The normalized spacial score (nSPS) is 17.3. The zero-order valence-corrected chi connectivity index (χ0v) is 21.1. The van der Waals surface area contributed by atoms with Crippen molar-refractivity contribution in [2.75, 3.05) is 13.1 Å². The molecular weight excluding hydrogens is 488 g/mol. The van der Waals surface area contributed by atoms with Gasteiger partial charge in [-0.25, -0.2) is 0 Å². The number of phenolic OH excluding ortho intramolecular Hbond substituents is 2. The number of nitrogens with one attached hydrogen (secondary N) is 1. The Balaban J connectivity index is 1.27. The largest absolute Gasteiger partial charge is 0.508 e. The third kappa shape index (κ3) is 5.75. The van der Waals surface area contributed by atoms with Crippen LogP contribution in [0.1, 0.15) is 65.8 Å². The van der Waals surface area contributed by atoms with Crippen LogP contribution in [0.2, 0.25) is 0 Å². The summed E-state index contributed by atoms with van der Waals surface area (Å²) in [4.78, 5) is 26.8. The monoisotopic (exact) mass is 520 g/mol. The highest BCUT2D eigenvalue weighted by molar-refractivity contribution is 5.94. The number of amides is 2. The van der Waals surface area contributed by atoms with Crippen molar-refractivity contribution in [3.63, 3.8) is 0 Å². The van der Waals surface area contributed by atoms with Crippen LogP contribution in [0, 0.1) is 0 Å². The third-order valence-corrected chi connectivity index (χ3v) is 7.38. The Kier molecular flexibility index (Phi) is 7.50. The van der Waals surface area contributed by atoms with Gasteiger partial charge in [0.15, 0.2) is 11.5 Å². The highest BCUT2D eigenvalue weighted by Gasteiger charge is 2.28. The Morgan fingerprint density at radius 1 is 1.00 bits per heavy atom. The zero-order chi connectivity index (χ0) is 26.6. The van der Waals surface area contributed by atoms with Gasteiger partial charge in [0.2, 0.25) is 5.91 Å². The first-order valence-corrected chi connectivity index (χ1v) is 13.0. The summed E-state index contributed by atoms with van der Waals surface area (Å²) in [5.74, 6) is -0.957. The summed E-state index contributed by atoms with van der Waals surface area (Å²) in [6.07, 6.45) is 8.26. The summed E-state index contributed by atoms with van der Waals surface area (Å²) in [6.45, 7) is 1.95. The summed E-state index contributed by atoms with van der Waals surface area (Å²) in [6, 6.07) is 10.7. The molecule has 2 aliphatic rings. The van der Waals surface area contributed by atoms with Crippen molar-refractivity contribution in [1.82, 2.24) is 15.4 Å². The minimum absolute atomic E-state index is 0.0619. The Hall–Kier alpha value is -4.05. The standard InChI is InChI=1S/C28H32N4O6/c29-27(35)17-6-8-21(9-7-17)37-24-15-20(33)14-23(34)26(24)25-16-22(31-38-25)28(36)30-18-10-12-32(13-11-18)19-4-2-1-3-5-19/h6-9,14-16,18-19,33-34H,1-5,10-13H2,(H2,29,35)(H,30,36). The van der Waals surface area contributed by atoms with E-state index in [4.69, 9.17) is 15.0 Å². The Labute approximate surface area is 220 Å². The van der Waals surface area contributed by atoms with Gasteiger partial charge in [-0.1, -0.05) is 24.4 Å². The molecule has 3 aromatic rings. The van der Waals surface area contributed by atoms with Crippen molar-refractivity contribution in [1.29, 1.82) is 0 Å². The summed E-state index contributed by atoms with van der Waals surface area (Å²) in [5, 5.41) is 27.6. The molecule has 5 N–H and O–H groups in total. The van der Waals surface area contributed by atoms with Crippen molar-refractivity contribution in [3.05, 3.63) is 53.7 Å². The minimum Gasteiger partial charge on any atom is -0.508 e. The first-order chi connectivity index (χ1) is 18.4. The molecule has 2 fully saturated rings. The van der Waals surface area contributed by atoms with Crippen LogP contribution in [0.5, 0.6) is 23.0 Å². The first kappa shape index (κ1) is 25.6. The van der Waals surface area contributed by atoms with Gasteiger partial charge in [-0.3, -0.25) is 9.59 Å². The molecule has 1 saturated heterocycles. The van der Waals surface area contributed by atoms with E-state index in [1.807, 2.05) is 0 Å². The average molecular weight is 521 g/mol. The lowest BCUT2D eigenvalue weighted by Crippen LogP contribution is -2.48. The maximum atomic E-state index is 12.9. The number of phenols is 2. The maximum Gasteiger partial charge on any atom is 0.273 e. The molecule has 200 valence electrons. The van der Waals surface area contributed by atoms with E-state index in [1.165, 1.54) is 68.5 Å². The SMILES string of the molecule is NC(=O)c1ccc(Oc2cc(O)cc(O)c2-c2cc(C(=O)NC3CCN(C4CCCCC4)CC3)no2)cc1. The zero-order valence-electron chi connectivity index (χ0n) is 21.1. The molecule has 1 aliphatic heterocycles. The van der Waals surface area contributed by atoms with E-state index in [9.17, 15) is 19.8 Å². The lowest BCUT2D eigenvalue weighted by molar-refractivity contribution is 0.0857. The molecule has 0 radical (unpaired) electrons. The molecule has 0 bridgehead atoms. The van der Waals surface area contributed by atoms with Gasteiger partial charge in [-0.2, -0.15) is 0 Å². The number of rotatable bonds is 7. The predicted octanol–water partition coefficient (Wildman–Crippen LogP) is 4.17. The fourth-order valence-electron chi connectivity index (χ4n) is 5.34. The Morgan fingerprint density at radius 3 is 2.39 bits per heavy atom. The van der Waals surface area contributed by atoms with E-state index < -0.39 is 5.91 Å². The van der Waals surface area contributed by atoms with Crippen LogP contribution < -0.4 is 15.8 Å². The first-order valence-electron chi connectivity index (χ1n) is 13.0. The third-order valence-electron chi connectivity index (χ3n) is 7.38. The number of carbonyl (C=O) groups excluding carboxylic acids is 2. The molecule has 0 unspecified atom stereocenters. The van der Waals surface area contributed by atoms with Gasteiger partial charge in [0.1, 0.15) is 28.6 Å². The number of nitrogens with two attached hydrogens (primary N) is 1. The van der Waals surface area contributed by atoms with Gasteiger partial charge < -0.3 is 35.4 Å². The number of primary amides is 1. The van der Waals surface area contributed by atoms with E-state index in [-0.39, 0.29) is 46.2 Å². The number of likely N-dealkylation sites (tertiary alicyclic amines) is 1. The molecule has 5 rings (SSSR count). The molecule has 2 aromatic carbocycles. The van der Waals surface area contributed by atoms with Crippen LogP contribution in [0.15, 0.2) is 47.0 Å². The van der Waals surface area contributed by atoms with E-state index >= 15 is 0 Å². The number of aromatic nitrogens is 1. The smallest absolute Gasteiger partial charge is 0.273 e. The topological polar surface area (TPSA) is 151 Å². The fourth-order valence-corrected chi connectivity index (χ4v) is 5.34. The van der Waals surface area contributed by atoms with Crippen LogP contribution >= 0.6 is 0 Å². The molecule has 0 atom stereocenters. The van der Waals surface area contributed by atoms with Crippen LogP contribution in [0.4, 0.5) is 0 Å². The lowest BCUT2D eigenvalue weighted by Gasteiger charge is -2.39. The Bertz CT molecular complexity index is 1290. The van der Waals surface area contributed by atoms with Crippen molar-refractivity contribution in [2.24, 2.45) is 5.73 Å². The summed E-state index contributed by atoms with van der Waals surface area (Å²) in [5.41, 5.74) is 5.79. The summed E-state index contributed by atoms with van der Waals surface area (Å²) >= 11 is 0. The number of ether oxygens (including phenoxy) is 1. The second kappa shape index (κ2) is 11.1. The summed E-state index contributed by atoms with van der Waals surface area (Å²) in [7, 11) is 0.